The lowest BCUT2D eigenvalue weighted by Crippen LogP contribution is -2.22. The van der Waals surface area contributed by atoms with Crippen LogP contribution in [0.1, 0.15) is 46.5 Å². The molecule has 2 rings (SSSR count). The maximum Gasteiger partial charge on any atom is 0.323 e. The van der Waals surface area contributed by atoms with Crippen molar-refractivity contribution < 1.29 is 4.74 Å². The highest BCUT2D eigenvalue weighted by atomic mass is 16.5. The van der Waals surface area contributed by atoms with Gasteiger partial charge in [0.05, 0.1) is 6.10 Å². The van der Waals surface area contributed by atoms with Gasteiger partial charge >= 0.3 is 6.01 Å². The number of aromatic nitrogens is 3. The Hall–Kier alpha value is -1.63. The van der Waals surface area contributed by atoms with Crippen molar-refractivity contribution in [3.8, 4) is 6.01 Å². The first-order valence-corrected chi connectivity index (χ1v) is 7.26. The second kappa shape index (κ2) is 6.69. The number of nitrogen functional groups attached to an aromatic ring is 1. The molecule has 20 heavy (non-hydrogen) atoms. The van der Waals surface area contributed by atoms with Crippen LogP contribution < -0.4 is 21.3 Å². The number of hydrogen-bond donors (Lipinski definition) is 3. The summed E-state index contributed by atoms with van der Waals surface area (Å²) in [5.41, 5.74) is 2.44. The predicted octanol–water partition coefficient (Wildman–Crippen LogP) is 1.93. The van der Waals surface area contributed by atoms with E-state index in [9.17, 15) is 0 Å². The third-order valence-electron chi connectivity index (χ3n) is 3.23. The summed E-state index contributed by atoms with van der Waals surface area (Å²) in [6.45, 7) is 6.01. The molecular formula is C13H24N6O. The first-order chi connectivity index (χ1) is 9.60. The zero-order valence-corrected chi connectivity index (χ0v) is 12.4. The largest absolute Gasteiger partial charge is 0.461 e. The van der Waals surface area contributed by atoms with Crippen molar-refractivity contribution in [1.29, 1.82) is 0 Å². The van der Waals surface area contributed by atoms with Crippen LogP contribution in [0.2, 0.25) is 0 Å². The Kier molecular flexibility index (Phi) is 4.94. The Morgan fingerprint density at radius 3 is 2.50 bits per heavy atom. The molecule has 1 aliphatic rings. The third-order valence-corrected chi connectivity index (χ3v) is 3.23. The van der Waals surface area contributed by atoms with Crippen LogP contribution in [0.4, 0.5) is 11.9 Å². The third kappa shape index (κ3) is 4.48. The van der Waals surface area contributed by atoms with Gasteiger partial charge in [0.2, 0.25) is 11.9 Å². The van der Waals surface area contributed by atoms with Gasteiger partial charge in [-0.3, -0.25) is 5.43 Å². The minimum Gasteiger partial charge on any atom is -0.461 e. The average Bonchev–Trinajstić information content (AvgIpc) is 3.20. The second-order valence-electron chi connectivity index (χ2n) is 5.50. The minimum absolute atomic E-state index is 0.00399. The standard InChI is InChI=1S/C13H24N6O/c1-4-10(7-9-5-6-9)15-11-16-12(19-14)18-13(17-11)20-8(2)3/h8-10H,4-7,14H2,1-3H3,(H2,15,16,17,18,19). The maximum atomic E-state index is 5.51. The SMILES string of the molecule is CCC(CC1CC1)Nc1nc(NN)nc(OC(C)C)n1. The van der Waals surface area contributed by atoms with Gasteiger partial charge in [0.25, 0.3) is 0 Å². The van der Waals surface area contributed by atoms with Crippen LogP contribution in [0.3, 0.4) is 0 Å². The van der Waals surface area contributed by atoms with Crippen molar-refractivity contribution in [2.45, 2.75) is 58.6 Å². The summed E-state index contributed by atoms with van der Waals surface area (Å²) >= 11 is 0. The fourth-order valence-corrected chi connectivity index (χ4v) is 2.02. The van der Waals surface area contributed by atoms with Crippen LogP contribution in [0, 0.1) is 5.92 Å². The lowest BCUT2D eigenvalue weighted by atomic mass is 10.1. The zero-order chi connectivity index (χ0) is 14.5. The predicted molar refractivity (Wildman–Crippen MR) is 78.4 cm³/mol. The second-order valence-corrected chi connectivity index (χ2v) is 5.50. The van der Waals surface area contributed by atoms with Gasteiger partial charge in [-0.05, 0) is 32.6 Å². The molecule has 0 aliphatic heterocycles. The summed E-state index contributed by atoms with van der Waals surface area (Å²) in [4.78, 5) is 12.6. The van der Waals surface area contributed by atoms with Crippen LogP contribution in [-0.2, 0) is 0 Å². The molecule has 4 N–H and O–H groups in total. The van der Waals surface area contributed by atoms with Gasteiger partial charge in [-0.25, -0.2) is 5.84 Å². The Morgan fingerprint density at radius 1 is 1.25 bits per heavy atom. The van der Waals surface area contributed by atoms with E-state index in [4.69, 9.17) is 10.6 Å². The van der Waals surface area contributed by atoms with Gasteiger partial charge in [-0.15, -0.1) is 0 Å². The first-order valence-electron chi connectivity index (χ1n) is 7.26. The van der Waals surface area contributed by atoms with Crippen molar-refractivity contribution in [3.63, 3.8) is 0 Å². The summed E-state index contributed by atoms with van der Waals surface area (Å²) in [5, 5.41) is 3.35. The Morgan fingerprint density at radius 2 is 1.95 bits per heavy atom. The average molecular weight is 280 g/mol. The van der Waals surface area contributed by atoms with E-state index in [0.29, 0.717) is 17.9 Å². The molecule has 7 nitrogen and oxygen atoms in total. The minimum atomic E-state index is 0.00399. The van der Waals surface area contributed by atoms with E-state index in [1.165, 1.54) is 12.8 Å². The quantitative estimate of drug-likeness (QED) is 0.494. The summed E-state index contributed by atoms with van der Waals surface area (Å²) in [6, 6.07) is 0.661. The van der Waals surface area contributed by atoms with Gasteiger partial charge in [0.15, 0.2) is 0 Å². The van der Waals surface area contributed by atoms with E-state index >= 15 is 0 Å². The number of nitrogens with zero attached hydrogens (tertiary/aromatic N) is 3. The molecule has 1 heterocycles. The maximum absolute atomic E-state index is 5.51. The van der Waals surface area contributed by atoms with Gasteiger partial charge in [-0.1, -0.05) is 19.8 Å². The van der Waals surface area contributed by atoms with Crippen molar-refractivity contribution in [3.05, 3.63) is 0 Å². The van der Waals surface area contributed by atoms with Crippen molar-refractivity contribution in [1.82, 2.24) is 15.0 Å². The monoisotopic (exact) mass is 280 g/mol. The molecule has 1 aliphatic carbocycles. The number of hydrogen-bond acceptors (Lipinski definition) is 7. The Balaban J connectivity index is 2.07. The molecule has 0 saturated heterocycles. The summed E-state index contributed by atoms with van der Waals surface area (Å²) in [5.74, 6) is 7.06. The highest BCUT2D eigenvalue weighted by molar-refractivity contribution is 5.35. The van der Waals surface area contributed by atoms with Gasteiger partial charge in [0.1, 0.15) is 0 Å². The molecular weight excluding hydrogens is 256 g/mol. The molecule has 1 aromatic rings. The van der Waals surface area contributed by atoms with Crippen LogP contribution in [0.15, 0.2) is 0 Å². The molecule has 1 fully saturated rings. The van der Waals surface area contributed by atoms with E-state index in [1.807, 2.05) is 13.8 Å². The van der Waals surface area contributed by atoms with E-state index < -0.39 is 0 Å². The molecule has 1 atom stereocenters. The van der Waals surface area contributed by atoms with Crippen molar-refractivity contribution >= 4 is 11.9 Å². The smallest absolute Gasteiger partial charge is 0.323 e. The summed E-state index contributed by atoms with van der Waals surface area (Å²) < 4.78 is 5.51. The summed E-state index contributed by atoms with van der Waals surface area (Å²) in [6.07, 6.45) is 4.88. The fourth-order valence-electron chi connectivity index (χ4n) is 2.02. The van der Waals surface area contributed by atoms with E-state index in [1.54, 1.807) is 0 Å². The van der Waals surface area contributed by atoms with E-state index in [2.05, 4.69) is 32.6 Å². The Labute approximate surface area is 119 Å². The lowest BCUT2D eigenvalue weighted by Gasteiger charge is -2.17. The number of anilines is 2. The van der Waals surface area contributed by atoms with Crippen LogP contribution in [0.25, 0.3) is 0 Å². The van der Waals surface area contributed by atoms with E-state index in [0.717, 1.165) is 18.8 Å². The fraction of sp³-hybridized carbons (Fsp3) is 0.769. The van der Waals surface area contributed by atoms with Crippen LogP contribution >= 0.6 is 0 Å². The number of hydrazine groups is 1. The molecule has 112 valence electrons. The lowest BCUT2D eigenvalue weighted by molar-refractivity contribution is 0.222. The highest BCUT2D eigenvalue weighted by Gasteiger charge is 2.25. The molecule has 0 amide bonds. The molecule has 7 heteroatoms. The molecule has 0 radical (unpaired) electrons. The highest BCUT2D eigenvalue weighted by Crippen LogP contribution is 2.34. The molecule has 1 saturated carbocycles. The topological polar surface area (TPSA) is 98.0 Å². The number of nitrogens with two attached hydrogens (primary N) is 1. The first kappa shape index (κ1) is 14.8. The van der Waals surface area contributed by atoms with Crippen molar-refractivity contribution in [2.24, 2.45) is 11.8 Å². The molecule has 0 aromatic carbocycles. The van der Waals surface area contributed by atoms with Gasteiger partial charge in [-0.2, -0.15) is 15.0 Å². The molecule has 1 unspecified atom stereocenters. The van der Waals surface area contributed by atoms with Crippen molar-refractivity contribution in [2.75, 3.05) is 10.7 Å². The van der Waals surface area contributed by atoms with Crippen LogP contribution in [-0.4, -0.2) is 27.1 Å². The molecule has 0 spiro atoms. The zero-order valence-electron chi connectivity index (χ0n) is 12.4. The normalized spacial score (nSPS) is 16.1. The Bertz CT molecular complexity index is 435. The number of rotatable bonds is 8. The van der Waals surface area contributed by atoms with E-state index in [-0.39, 0.29) is 12.1 Å². The summed E-state index contributed by atoms with van der Waals surface area (Å²) in [7, 11) is 0. The molecule has 1 aromatic heterocycles. The number of ether oxygens (including phenoxy) is 1. The number of nitrogens with one attached hydrogen (secondary N) is 2. The van der Waals surface area contributed by atoms with Gasteiger partial charge in [0, 0.05) is 6.04 Å². The van der Waals surface area contributed by atoms with Gasteiger partial charge < -0.3 is 10.1 Å². The molecule has 0 bridgehead atoms. The van der Waals surface area contributed by atoms with Crippen LogP contribution in [0.5, 0.6) is 6.01 Å².